The molecule has 0 saturated heterocycles. The van der Waals surface area contributed by atoms with Crippen molar-refractivity contribution in [2.45, 2.75) is 26.3 Å². The lowest BCUT2D eigenvalue weighted by Gasteiger charge is -2.37. The summed E-state index contributed by atoms with van der Waals surface area (Å²) in [7, 11) is 0. The maximum Gasteiger partial charge on any atom is 0.254 e. The van der Waals surface area contributed by atoms with E-state index in [9.17, 15) is 18.4 Å². The molecule has 2 amide bonds. The molecule has 0 aliphatic carbocycles. The molecule has 0 bridgehead atoms. The first kappa shape index (κ1) is 24.9. The van der Waals surface area contributed by atoms with Crippen LogP contribution in [0.15, 0.2) is 60.0 Å². The van der Waals surface area contributed by atoms with E-state index in [0.717, 1.165) is 12.0 Å². The highest BCUT2D eigenvalue weighted by molar-refractivity contribution is 7.10. The van der Waals surface area contributed by atoms with Crippen LogP contribution in [0.1, 0.15) is 40.7 Å². The number of benzene rings is 2. The van der Waals surface area contributed by atoms with Gasteiger partial charge in [0.2, 0.25) is 5.91 Å². The molecular weight excluding hydrogens is 470 g/mol. The van der Waals surface area contributed by atoms with Gasteiger partial charge < -0.3 is 14.5 Å². The minimum Gasteiger partial charge on any atom is -0.491 e. The van der Waals surface area contributed by atoms with Gasteiger partial charge in [0.05, 0.1) is 6.04 Å². The number of amides is 2. The number of carbonyl (C=O) groups is 2. The van der Waals surface area contributed by atoms with Crippen LogP contribution in [0.2, 0.25) is 0 Å². The van der Waals surface area contributed by atoms with Crippen molar-refractivity contribution in [3.05, 3.63) is 87.6 Å². The van der Waals surface area contributed by atoms with Gasteiger partial charge >= 0.3 is 0 Å². The number of ether oxygens (including phenoxy) is 1. The van der Waals surface area contributed by atoms with E-state index in [4.69, 9.17) is 4.74 Å². The number of hydrogen-bond acceptors (Lipinski definition) is 4. The maximum atomic E-state index is 13.5. The van der Waals surface area contributed by atoms with Gasteiger partial charge in [-0.15, -0.1) is 11.3 Å². The fraction of sp³-hybridized carbons (Fsp3) is 0.333. The fourth-order valence-corrected chi connectivity index (χ4v) is 5.20. The number of carbonyl (C=O) groups excluding carboxylic acids is 2. The van der Waals surface area contributed by atoms with E-state index >= 15 is 0 Å². The van der Waals surface area contributed by atoms with E-state index in [1.54, 1.807) is 28.4 Å². The molecule has 184 valence electrons. The average Bonchev–Trinajstić information content (AvgIpc) is 3.32. The first-order valence-electron chi connectivity index (χ1n) is 11.6. The van der Waals surface area contributed by atoms with Crippen molar-refractivity contribution in [1.29, 1.82) is 0 Å². The lowest BCUT2D eigenvalue weighted by Crippen LogP contribution is -2.48. The van der Waals surface area contributed by atoms with Crippen molar-refractivity contribution in [3.8, 4) is 5.75 Å². The summed E-state index contributed by atoms with van der Waals surface area (Å²) in [6, 6.07) is 12.8. The molecule has 1 atom stereocenters. The Balaban J connectivity index is 1.52. The quantitative estimate of drug-likeness (QED) is 0.422. The topological polar surface area (TPSA) is 49.9 Å². The molecule has 2 aromatic carbocycles. The zero-order chi connectivity index (χ0) is 24.9. The van der Waals surface area contributed by atoms with E-state index in [1.807, 2.05) is 25.3 Å². The predicted molar refractivity (Wildman–Crippen MR) is 132 cm³/mol. The molecule has 0 spiro atoms. The summed E-state index contributed by atoms with van der Waals surface area (Å²) in [6.07, 6.45) is 0.738. The molecule has 3 aromatic rings. The standard InChI is InChI=1S/C27H28F2N2O3S/c1-18(2)15-30(27(33)19-3-5-20(28)6-4-19)16-26(32)31-13-11-25-23(12-14-35-25)24(31)17-34-22-9-7-21(29)8-10-22/h3-10,12,14,18,24H,11,13,15-17H2,1-2H3. The molecule has 0 saturated carbocycles. The summed E-state index contributed by atoms with van der Waals surface area (Å²) in [4.78, 5) is 31.2. The summed E-state index contributed by atoms with van der Waals surface area (Å²) in [5.41, 5.74) is 1.38. The molecule has 0 radical (unpaired) electrons. The highest BCUT2D eigenvalue weighted by Gasteiger charge is 2.33. The van der Waals surface area contributed by atoms with Gasteiger partial charge in [0.25, 0.3) is 5.91 Å². The van der Waals surface area contributed by atoms with E-state index < -0.39 is 5.82 Å². The van der Waals surface area contributed by atoms with Gasteiger partial charge in [0.1, 0.15) is 30.5 Å². The van der Waals surface area contributed by atoms with Gasteiger partial charge in [0, 0.05) is 23.5 Å². The van der Waals surface area contributed by atoms with Gasteiger partial charge in [-0.3, -0.25) is 9.59 Å². The number of hydrogen-bond donors (Lipinski definition) is 0. The molecule has 0 fully saturated rings. The zero-order valence-corrected chi connectivity index (χ0v) is 20.6. The second kappa shape index (κ2) is 11.0. The highest BCUT2D eigenvalue weighted by Crippen LogP contribution is 2.34. The van der Waals surface area contributed by atoms with Crippen LogP contribution < -0.4 is 4.74 Å². The number of fused-ring (bicyclic) bond motifs is 1. The van der Waals surface area contributed by atoms with Crippen molar-refractivity contribution in [2.75, 3.05) is 26.2 Å². The Kier molecular flexibility index (Phi) is 7.80. The highest BCUT2D eigenvalue weighted by atomic mass is 32.1. The molecule has 0 N–H and O–H groups in total. The molecule has 1 aliphatic heterocycles. The van der Waals surface area contributed by atoms with Crippen LogP contribution in [-0.2, 0) is 11.2 Å². The molecule has 1 aromatic heterocycles. The third kappa shape index (κ3) is 6.06. The number of rotatable bonds is 8. The SMILES string of the molecule is CC(C)CN(CC(=O)N1CCc2sccc2C1COc1ccc(F)cc1)C(=O)c1ccc(F)cc1. The Bertz CT molecular complexity index is 1160. The second-order valence-electron chi connectivity index (χ2n) is 9.00. The third-order valence-electron chi connectivity index (χ3n) is 5.93. The monoisotopic (exact) mass is 498 g/mol. The van der Waals surface area contributed by atoms with Gasteiger partial charge in [-0.1, -0.05) is 13.8 Å². The van der Waals surface area contributed by atoms with Gasteiger partial charge in [0.15, 0.2) is 0 Å². The van der Waals surface area contributed by atoms with Crippen LogP contribution in [0.4, 0.5) is 8.78 Å². The average molecular weight is 499 g/mol. The lowest BCUT2D eigenvalue weighted by molar-refractivity contribution is -0.135. The van der Waals surface area contributed by atoms with E-state index in [2.05, 4.69) is 0 Å². The second-order valence-corrected chi connectivity index (χ2v) is 10.0. The maximum absolute atomic E-state index is 13.5. The summed E-state index contributed by atoms with van der Waals surface area (Å²) in [5, 5.41) is 2.01. The van der Waals surface area contributed by atoms with Crippen LogP contribution in [0, 0.1) is 17.6 Å². The minimum absolute atomic E-state index is 0.0824. The minimum atomic E-state index is -0.420. The Labute approximate surface area is 207 Å². The van der Waals surface area contributed by atoms with Crippen LogP contribution >= 0.6 is 11.3 Å². The van der Waals surface area contributed by atoms with Crippen LogP contribution in [0.5, 0.6) is 5.75 Å². The zero-order valence-electron chi connectivity index (χ0n) is 19.7. The van der Waals surface area contributed by atoms with Crippen molar-refractivity contribution in [3.63, 3.8) is 0 Å². The van der Waals surface area contributed by atoms with Crippen LogP contribution in [-0.4, -0.2) is 47.9 Å². The Morgan fingerprint density at radius 2 is 1.71 bits per heavy atom. The smallest absolute Gasteiger partial charge is 0.254 e. The van der Waals surface area contributed by atoms with Crippen LogP contribution in [0.3, 0.4) is 0 Å². The Morgan fingerprint density at radius 1 is 1.06 bits per heavy atom. The predicted octanol–water partition coefficient (Wildman–Crippen LogP) is 5.33. The molecule has 4 rings (SSSR count). The lowest BCUT2D eigenvalue weighted by atomic mass is 10.00. The molecule has 2 heterocycles. The summed E-state index contributed by atoms with van der Waals surface area (Å²) in [6.45, 7) is 5.01. The number of halogens is 2. The number of nitrogens with zero attached hydrogens (tertiary/aromatic N) is 2. The first-order valence-corrected chi connectivity index (χ1v) is 12.5. The Hall–Kier alpha value is -3.26. The molecule has 35 heavy (non-hydrogen) atoms. The number of thiophene rings is 1. The van der Waals surface area contributed by atoms with Gasteiger partial charge in [-0.25, -0.2) is 8.78 Å². The summed E-state index contributed by atoms with van der Waals surface area (Å²) in [5.74, 6) is -0.575. The largest absolute Gasteiger partial charge is 0.491 e. The normalized spacial score (nSPS) is 15.1. The first-order chi connectivity index (χ1) is 16.8. The van der Waals surface area contributed by atoms with E-state index in [-0.39, 0.29) is 42.7 Å². The summed E-state index contributed by atoms with van der Waals surface area (Å²) >= 11 is 1.65. The molecule has 1 unspecified atom stereocenters. The van der Waals surface area contributed by atoms with Crippen molar-refractivity contribution in [1.82, 2.24) is 9.80 Å². The Morgan fingerprint density at radius 3 is 2.37 bits per heavy atom. The molecule has 1 aliphatic rings. The summed E-state index contributed by atoms with van der Waals surface area (Å²) < 4.78 is 32.6. The van der Waals surface area contributed by atoms with Gasteiger partial charge in [-0.2, -0.15) is 0 Å². The molecular formula is C27H28F2N2O3S. The van der Waals surface area contributed by atoms with Crippen molar-refractivity contribution >= 4 is 23.2 Å². The van der Waals surface area contributed by atoms with E-state index in [1.165, 1.54) is 46.2 Å². The van der Waals surface area contributed by atoms with Gasteiger partial charge in [-0.05, 0) is 77.9 Å². The van der Waals surface area contributed by atoms with Crippen molar-refractivity contribution < 1.29 is 23.1 Å². The van der Waals surface area contributed by atoms with Crippen LogP contribution in [0.25, 0.3) is 0 Å². The van der Waals surface area contributed by atoms with E-state index in [0.29, 0.717) is 24.4 Å². The molecule has 5 nitrogen and oxygen atoms in total. The van der Waals surface area contributed by atoms with Crippen molar-refractivity contribution in [2.24, 2.45) is 5.92 Å². The third-order valence-corrected chi connectivity index (χ3v) is 6.92. The molecule has 8 heteroatoms. The fourth-order valence-electron chi connectivity index (χ4n) is 4.27.